The summed E-state index contributed by atoms with van der Waals surface area (Å²) in [7, 11) is -3.82. The lowest BCUT2D eigenvalue weighted by Crippen LogP contribution is -2.42. The van der Waals surface area contributed by atoms with Crippen molar-refractivity contribution in [3.8, 4) is 0 Å². The summed E-state index contributed by atoms with van der Waals surface area (Å²) in [5.74, 6) is -1.20. The largest absolute Gasteiger partial charge is 0.449 e. The summed E-state index contributed by atoms with van der Waals surface area (Å²) in [5, 5.41) is 0.0453. The van der Waals surface area contributed by atoms with Crippen LogP contribution in [0.2, 0.25) is 5.02 Å². The average Bonchev–Trinajstić information content (AvgIpc) is 2.83. The predicted molar refractivity (Wildman–Crippen MR) is 123 cm³/mol. The molecule has 0 spiro atoms. The Labute approximate surface area is 198 Å². The molecule has 10 heteroatoms. The van der Waals surface area contributed by atoms with Crippen LogP contribution >= 0.6 is 11.6 Å². The Kier molecular flexibility index (Phi) is 7.04. The number of halogens is 1. The summed E-state index contributed by atoms with van der Waals surface area (Å²) in [6.07, 6.45) is 0.629. The number of nitrogens with zero attached hydrogens (tertiary/aromatic N) is 2. The molecule has 2 aliphatic heterocycles. The standard InChI is InChI=1S/C23H25ClN2O6S/c1-16(22(27)26-10-4-6-17-5-2-3-7-21(17)26)32-23(28)19-15-18(8-9-20(19)24)33(29,30)25-11-13-31-14-12-25/h2-3,5,7-9,15-16H,4,6,10-14H2,1H3/t16-/m1/s1. The van der Waals surface area contributed by atoms with E-state index in [0.717, 1.165) is 24.1 Å². The fourth-order valence-corrected chi connectivity index (χ4v) is 5.64. The first-order chi connectivity index (χ1) is 15.8. The summed E-state index contributed by atoms with van der Waals surface area (Å²) in [6, 6.07) is 11.5. The number of anilines is 1. The summed E-state index contributed by atoms with van der Waals surface area (Å²) in [4.78, 5) is 27.5. The number of carbonyl (C=O) groups excluding carboxylic acids is 2. The maximum Gasteiger partial charge on any atom is 0.340 e. The van der Waals surface area contributed by atoms with Crippen molar-refractivity contribution >= 4 is 39.2 Å². The van der Waals surface area contributed by atoms with Gasteiger partial charge in [0.1, 0.15) is 0 Å². The van der Waals surface area contributed by atoms with Gasteiger partial charge in [0, 0.05) is 25.3 Å². The maximum absolute atomic E-state index is 13.0. The highest BCUT2D eigenvalue weighted by atomic mass is 35.5. The van der Waals surface area contributed by atoms with Crippen LogP contribution in [0.4, 0.5) is 5.69 Å². The zero-order valence-electron chi connectivity index (χ0n) is 18.2. The van der Waals surface area contributed by atoms with E-state index >= 15 is 0 Å². The fourth-order valence-electron chi connectivity index (χ4n) is 4.01. The van der Waals surface area contributed by atoms with Crippen molar-refractivity contribution in [1.29, 1.82) is 0 Å². The molecule has 1 saturated heterocycles. The Hall–Kier alpha value is -2.46. The van der Waals surface area contributed by atoms with Crippen LogP contribution < -0.4 is 4.90 Å². The van der Waals surface area contributed by atoms with Crippen molar-refractivity contribution in [3.05, 3.63) is 58.6 Å². The zero-order chi connectivity index (χ0) is 23.6. The third-order valence-electron chi connectivity index (χ3n) is 5.77. The Bertz CT molecular complexity index is 1160. The molecule has 2 heterocycles. The molecule has 1 amide bonds. The van der Waals surface area contributed by atoms with Crippen molar-refractivity contribution in [2.75, 3.05) is 37.7 Å². The highest BCUT2D eigenvalue weighted by Crippen LogP contribution is 2.28. The first kappa shape index (κ1) is 23.7. The Morgan fingerprint density at radius 3 is 2.58 bits per heavy atom. The van der Waals surface area contributed by atoms with Crippen LogP contribution in [0.25, 0.3) is 0 Å². The first-order valence-electron chi connectivity index (χ1n) is 10.8. The van der Waals surface area contributed by atoms with E-state index in [1.54, 1.807) is 4.90 Å². The van der Waals surface area contributed by atoms with Gasteiger partial charge in [0.2, 0.25) is 10.0 Å². The van der Waals surface area contributed by atoms with Crippen LogP contribution in [0.5, 0.6) is 0 Å². The lowest BCUT2D eigenvalue weighted by atomic mass is 10.0. The van der Waals surface area contributed by atoms with E-state index in [-0.39, 0.29) is 34.5 Å². The number of rotatable bonds is 5. The van der Waals surface area contributed by atoms with Gasteiger partial charge in [-0.05, 0) is 49.6 Å². The molecule has 33 heavy (non-hydrogen) atoms. The van der Waals surface area contributed by atoms with E-state index in [4.69, 9.17) is 21.1 Å². The third kappa shape index (κ3) is 4.91. The van der Waals surface area contributed by atoms with Gasteiger partial charge in [-0.1, -0.05) is 29.8 Å². The molecule has 0 bridgehead atoms. The zero-order valence-corrected chi connectivity index (χ0v) is 19.8. The number of morpholine rings is 1. The molecule has 0 unspecified atom stereocenters. The molecule has 176 valence electrons. The topological polar surface area (TPSA) is 93.2 Å². The van der Waals surface area contributed by atoms with Crippen LogP contribution in [0.15, 0.2) is 47.4 Å². The quantitative estimate of drug-likeness (QED) is 0.596. The predicted octanol–water partition coefficient (Wildman–Crippen LogP) is 2.89. The molecule has 0 radical (unpaired) electrons. The van der Waals surface area contributed by atoms with E-state index in [9.17, 15) is 18.0 Å². The molecule has 0 aromatic heterocycles. The average molecular weight is 493 g/mol. The number of esters is 1. The molecule has 2 aromatic carbocycles. The number of amides is 1. The van der Waals surface area contributed by atoms with Gasteiger partial charge in [0.25, 0.3) is 5.91 Å². The minimum absolute atomic E-state index is 0.0453. The number of aryl methyl sites for hydroxylation is 1. The molecule has 8 nitrogen and oxygen atoms in total. The number of benzene rings is 2. The summed E-state index contributed by atoms with van der Waals surface area (Å²) in [6.45, 7) is 3.11. The molecular formula is C23H25ClN2O6S. The highest BCUT2D eigenvalue weighted by Gasteiger charge is 2.31. The van der Waals surface area contributed by atoms with E-state index in [1.807, 2.05) is 24.3 Å². The maximum atomic E-state index is 13.0. The van der Waals surface area contributed by atoms with Crippen molar-refractivity contribution < 1.29 is 27.5 Å². The lowest BCUT2D eigenvalue weighted by Gasteiger charge is -2.31. The van der Waals surface area contributed by atoms with Crippen molar-refractivity contribution in [2.24, 2.45) is 0 Å². The molecule has 0 aliphatic carbocycles. The molecule has 2 aromatic rings. The van der Waals surface area contributed by atoms with Crippen molar-refractivity contribution in [1.82, 2.24) is 4.31 Å². The number of ether oxygens (including phenoxy) is 2. The van der Waals surface area contributed by atoms with E-state index in [2.05, 4.69) is 0 Å². The number of carbonyl (C=O) groups is 2. The molecule has 4 rings (SSSR count). The molecule has 1 atom stereocenters. The fraction of sp³-hybridized carbons (Fsp3) is 0.391. The first-order valence-corrected chi connectivity index (χ1v) is 12.6. The van der Waals surface area contributed by atoms with Crippen molar-refractivity contribution in [2.45, 2.75) is 30.8 Å². The number of hydrogen-bond acceptors (Lipinski definition) is 6. The Morgan fingerprint density at radius 2 is 1.82 bits per heavy atom. The highest BCUT2D eigenvalue weighted by molar-refractivity contribution is 7.89. The number of fused-ring (bicyclic) bond motifs is 1. The number of sulfonamides is 1. The second kappa shape index (κ2) is 9.80. The summed E-state index contributed by atoms with van der Waals surface area (Å²) < 4.78 is 37.8. The normalized spacial score (nSPS) is 17.8. The van der Waals surface area contributed by atoms with Crippen LogP contribution in [-0.4, -0.2) is 63.6 Å². The van der Waals surface area contributed by atoms with Gasteiger partial charge >= 0.3 is 5.97 Å². The summed E-state index contributed by atoms with van der Waals surface area (Å²) in [5.41, 5.74) is 1.78. The number of para-hydroxylation sites is 1. The van der Waals surface area contributed by atoms with Gasteiger partial charge < -0.3 is 14.4 Å². The molecule has 2 aliphatic rings. The molecule has 0 N–H and O–H groups in total. The Morgan fingerprint density at radius 1 is 1.09 bits per heavy atom. The molecule has 0 saturated carbocycles. The third-order valence-corrected chi connectivity index (χ3v) is 8.00. The van der Waals surface area contributed by atoms with Gasteiger partial charge in [0.05, 0.1) is 28.7 Å². The smallest absolute Gasteiger partial charge is 0.340 e. The SMILES string of the molecule is C[C@@H](OC(=O)c1cc(S(=O)(=O)N2CCOCC2)ccc1Cl)C(=O)N1CCCc2ccccc21. The second-order valence-corrected chi connectivity index (χ2v) is 10.3. The Balaban J connectivity index is 1.52. The monoisotopic (exact) mass is 492 g/mol. The molecule has 1 fully saturated rings. The van der Waals surface area contributed by atoms with Crippen LogP contribution in [0, 0.1) is 0 Å². The van der Waals surface area contributed by atoms with Gasteiger partial charge in [0.15, 0.2) is 6.10 Å². The van der Waals surface area contributed by atoms with Crippen LogP contribution in [0.3, 0.4) is 0 Å². The molecular weight excluding hydrogens is 468 g/mol. The van der Waals surface area contributed by atoms with Crippen LogP contribution in [0.1, 0.15) is 29.3 Å². The van der Waals surface area contributed by atoms with E-state index < -0.39 is 22.1 Å². The van der Waals surface area contributed by atoms with E-state index in [1.165, 1.54) is 29.4 Å². The minimum atomic E-state index is -3.82. The lowest BCUT2D eigenvalue weighted by molar-refractivity contribution is -0.126. The van der Waals surface area contributed by atoms with Gasteiger partial charge in [-0.3, -0.25) is 4.79 Å². The number of hydrogen-bond donors (Lipinski definition) is 0. The summed E-state index contributed by atoms with van der Waals surface area (Å²) >= 11 is 6.18. The van der Waals surface area contributed by atoms with Gasteiger partial charge in [-0.25, -0.2) is 13.2 Å². The minimum Gasteiger partial charge on any atom is -0.449 e. The van der Waals surface area contributed by atoms with E-state index in [0.29, 0.717) is 19.8 Å². The van der Waals surface area contributed by atoms with Gasteiger partial charge in [-0.15, -0.1) is 0 Å². The van der Waals surface area contributed by atoms with Gasteiger partial charge in [-0.2, -0.15) is 4.31 Å². The van der Waals surface area contributed by atoms with Crippen LogP contribution in [-0.2, 0) is 30.7 Å². The van der Waals surface area contributed by atoms with Crippen molar-refractivity contribution in [3.63, 3.8) is 0 Å². The second-order valence-electron chi connectivity index (χ2n) is 7.93.